The maximum Gasteiger partial charge on any atom is 0.234 e. The number of amides is 1. The summed E-state index contributed by atoms with van der Waals surface area (Å²) in [6.45, 7) is 6.77. The summed E-state index contributed by atoms with van der Waals surface area (Å²) in [5, 5.41) is 6.30. The monoisotopic (exact) mass is 398 g/mol. The molecule has 5 rings (SSSR count). The highest BCUT2D eigenvalue weighted by atomic mass is 19.1. The lowest BCUT2D eigenvalue weighted by Crippen LogP contribution is -2.31. The first-order chi connectivity index (χ1) is 13.8. The Labute approximate surface area is 170 Å². The molecule has 0 bridgehead atoms. The van der Waals surface area contributed by atoms with E-state index in [4.69, 9.17) is 9.47 Å². The van der Waals surface area contributed by atoms with Crippen LogP contribution in [0.3, 0.4) is 0 Å². The van der Waals surface area contributed by atoms with Crippen molar-refractivity contribution in [3.8, 4) is 0 Å². The standard InChI is InChI=1S/C23H27FN2O3/c1-22(2,3)20-9-13-8-17(15(24)11-16(13)25-20)26-21(27)23(6-7-23)14-4-5-18-19(10-14)29-12-28-18/h4-5,8,11,19-20,25H,6-7,9-10,12H2,1-3H3,(H,26,27). The average Bonchev–Trinajstić information content (AvgIpc) is 3.15. The van der Waals surface area contributed by atoms with Crippen molar-refractivity contribution in [2.45, 2.75) is 58.6 Å². The fraction of sp³-hybridized carbons (Fsp3) is 0.522. The summed E-state index contributed by atoms with van der Waals surface area (Å²) in [6.07, 6.45) is 6.82. The molecule has 1 aromatic rings. The molecule has 2 aliphatic heterocycles. The van der Waals surface area contributed by atoms with Crippen molar-refractivity contribution in [2.75, 3.05) is 17.4 Å². The van der Waals surface area contributed by atoms with Gasteiger partial charge < -0.3 is 20.1 Å². The average molecular weight is 398 g/mol. The molecule has 6 heteroatoms. The number of fused-ring (bicyclic) bond motifs is 2. The number of hydrogen-bond donors (Lipinski definition) is 2. The first-order valence-corrected chi connectivity index (χ1v) is 10.3. The predicted molar refractivity (Wildman–Crippen MR) is 109 cm³/mol. The lowest BCUT2D eigenvalue weighted by molar-refractivity contribution is -0.120. The molecule has 5 nitrogen and oxygen atoms in total. The van der Waals surface area contributed by atoms with Crippen molar-refractivity contribution in [3.05, 3.63) is 47.0 Å². The lowest BCUT2D eigenvalue weighted by atomic mass is 9.85. The van der Waals surface area contributed by atoms with Crippen molar-refractivity contribution >= 4 is 17.3 Å². The summed E-state index contributed by atoms with van der Waals surface area (Å²) in [5.41, 5.74) is 2.71. The van der Waals surface area contributed by atoms with Gasteiger partial charge in [0, 0.05) is 18.2 Å². The summed E-state index contributed by atoms with van der Waals surface area (Å²) in [7, 11) is 0. The number of hydrogen-bond acceptors (Lipinski definition) is 4. The number of carbonyl (C=O) groups excluding carboxylic acids is 1. The van der Waals surface area contributed by atoms with Gasteiger partial charge in [-0.1, -0.05) is 32.4 Å². The van der Waals surface area contributed by atoms with Gasteiger partial charge in [0.2, 0.25) is 5.91 Å². The van der Waals surface area contributed by atoms with Gasteiger partial charge >= 0.3 is 0 Å². The smallest absolute Gasteiger partial charge is 0.234 e. The Kier molecular flexibility index (Phi) is 4.07. The van der Waals surface area contributed by atoms with Crippen LogP contribution in [0.15, 0.2) is 35.6 Å². The normalized spacial score (nSPS) is 26.5. The van der Waals surface area contributed by atoms with Crippen LogP contribution in [-0.4, -0.2) is 24.8 Å². The van der Waals surface area contributed by atoms with Crippen LogP contribution in [0.25, 0.3) is 0 Å². The van der Waals surface area contributed by atoms with Crippen molar-refractivity contribution < 1.29 is 18.7 Å². The van der Waals surface area contributed by atoms with Gasteiger partial charge in [0.25, 0.3) is 0 Å². The van der Waals surface area contributed by atoms with E-state index in [-0.39, 0.29) is 35.9 Å². The van der Waals surface area contributed by atoms with Crippen LogP contribution >= 0.6 is 0 Å². The van der Waals surface area contributed by atoms with Gasteiger partial charge in [-0.25, -0.2) is 4.39 Å². The molecule has 1 saturated heterocycles. The molecule has 4 aliphatic rings. The minimum atomic E-state index is -0.550. The molecule has 0 spiro atoms. The molecule has 1 amide bonds. The van der Waals surface area contributed by atoms with E-state index in [1.165, 1.54) is 6.07 Å². The molecule has 2 heterocycles. The molecule has 29 heavy (non-hydrogen) atoms. The number of carbonyl (C=O) groups is 1. The highest BCUT2D eigenvalue weighted by Crippen LogP contribution is 2.55. The molecule has 154 valence electrons. The van der Waals surface area contributed by atoms with E-state index in [1.54, 1.807) is 6.07 Å². The molecule has 2 N–H and O–H groups in total. The summed E-state index contributed by atoms with van der Waals surface area (Å²) >= 11 is 0. The van der Waals surface area contributed by atoms with Crippen LogP contribution in [0, 0.1) is 16.6 Å². The first-order valence-electron chi connectivity index (χ1n) is 10.3. The Morgan fingerprint density at radius 2 is 2.03 bits per heavy atom. The summed E-state index contributed by atoms with van der Waals surface area (Å²) in [5.74, 6) is 0.300. The van der Waals surface area contributed by atoms with Crippen LogP contribution in [0.5, 0.6) is 0 Å². The number of anilines is 2. The second-order valence-corrected chi connectivity index (χ2v) is 9.68. The molecule has 0 radical (unpaired) electrons. The van der Waals surface area contributed by atoms with Gasteiger partial charge in [0.1, 0.15) is 17.7 Å². The maximum atomic E-state index is 14.7. The van der Waals surface area contributed by atoms with Gasteiger partial charge in [-0.15, -0.1) is 0 Å². The minimum Gasteiger partial charge on any atom is -0.469 e. The van der Waals surface area contributed by atoms with E-state index < -0.39 is 11.2 Å². The fourth-order valence-electron chi connectivity index (χ4n) is 4.54. The SMILES string of the molecule is CC(C)(C)C1Cc2cc(NC(=O)C3(C4=CC=C5OCOC5C4)CC3)c(F)cc2N1. The number of rotatable bonds is 3. The van der Waals surface area contributed by atoms with Gasteiger partial charge in [-0.05, 0) is 48.4 Å². The van der Waals surface area contributed by atoms with E-state index >= 15 is 0 Å². The zero-order valence-corrected chi connectivity index (χ0v) is 17.1. The maximum absolute atomic E-state index is 14.7. The molecular formula is C23H27FN2O3. The van der Waals surface area contributed by atoms with Crippen molar-refractivity contribution in [1.82, 2.24) is 0 Å². The second-order valence-electron chi connectivity index (χ2n) is 9.68. The molecule has 1 aromatic carbocycles. The van der Waals surface area contributed by atoms with E-state index in [0.29, 0.717) is 6.42 Å². The third-order valence-corrected chi connectivity index (χ3v) is 6.71. The number of benzene rings is 1. The van der Waals surface area contributed by atoms with Crippen LogP contribution < -0.4 is 10.6 Å². The van der Waals surface area contributed by atoms with E-state index in [1.807, 2.05) is 12.2 Å². The van der Waals surface area contributed by atoms with Crippen LogP contribution in [0.4, 0.5) is 15.8 Å². The van der Waals surface area contributed by atoms with Crippen molar-refractivity contribution in [2.24, 2.45) is 10.8 Å². The highest BCUT2D eigenvalue weighted by molar-refractivity contribution is 6.00. The van der Waals surface area contributed by atoms with E-state index in [9.17, 15) is 9.18 Å². The Balaban J connectivity index is 1.35. The van der Waals surface area contributed by atoms with Gasteiger partial charge in [0.05, 0.1) is 11.1 Å². The second kappa shape index (κ2) is 6.33. The third-order valence-electron chi connectivity index (χ3n) is 6.71. The van der Waals surface area contributed by atoms with Gasteiger partial charge in [-0.2, -0.15) is 0 Å². The summed E-state index contributed by atoms with van der Waals surface area (Å²) in [4.78, 5) is 13.1. The number of nitrogens with one attached hydrogen (secondary N) is 2. The molecule has 1 saturated carbocycles. The van der Waals surface area contributed by atoms with Crippen LogP contribution in [0.2, 0.25) is 0 Å². The van der Waals surface area contributed by atoms with Crippen LogP contribution in [0.1, 0.15) is 45.6 Å². The number of ether oxygens (including phenoxy) is 2. The molecule has 2 unspecified atom stereocenters. The predicted octanol–water partition coefficient (Wildman–Crippen LogP) is 4.51. The Bertz CT molecular complexity index is 940. The minimum absolute atomic E-state index is 0.0723. The summed E-state index contributed by atoms with van der Waals surface area (Å²) in [6, 6.07) is 3.55. The Morgan fingerprint density at radius 3 is 2.76 bits per heavy atom. The first kappa shape index (κ1) is 18.7. The molecule has 2 atom stereocenters. The molecular weight excluding hydrogens is 371 g/mol. The van der Waals surface area contributed by atoms with Crippen molar-refractivity contribution in [1.29, 1.82) is 0 Å². The molecule has 2 aliphatic carbocycles. The Hall–Kier alpha value is -2.34. The van der Waals surface area contributed by atoms with E-state index in [0.717, 1.165) is 41.8 Å². The van der Waals surface area contributed by atoms with Gasteiger partial charge in [0.15, 0.2) is 6.79 Å². The quantitative estimate of drug-likeness (QED) is 0.786. The lowest BCUT2D eigenvalue weighted by Gasteiger charge is -2.27. The van der Waals surface area contributed by atoms with Gasteiger partial charge in [-0.3, -0.25) is 4.79 Å². The topological polar surface area (TPSA) is 59.6 Å². The summed E-state index contributed by atoms with van der Waals surface area (Å²) < 4.78 is 25.7. The zero-order chi connectivity index (χ0) is 20.4. The molecule has 0 aromatic heterocycles. The number of halogens is 1. The largest absolute Gasteiger partial charge is 0.469 e. The number of allylic oxidation sites excluding steroid dienone is 2. The van der Waals surface area contributed by atoms with E-state index in [2.05, 4.69) is 31.4 Å². The van der Waals surface area contributed by atoms with Crippen molar-refractivity contribution in [3.63, 3.8) is 0 Å². The third kappa shape index (κ3) is 3.14. The Morgan fingerprint density at radius 1 is 1.24 bits per heavy atom. The highest BCUT2D eigenvalue weighted by Gasteiger charge is 2.54. The fourth-order valence-corrected chi connectivity index (χ4v) is 4.54. The zero-order valence-electron chi connectivity index (χ0n) is 17.1. The van der Waals surface area contributed by atoms with Crippen LogP contribution in [-0.2, 0) is 20.7 Å². The molecule has 2 fully saturated rings.